The zero-order valence-electron chi connectivity index (χ0n) is 9.35. The van der Waals surface area contributed by atoms with E-state index in [-0.39, 0.29) is 0 Å². The Bertz CT molecular complexity index is 895. The van der Waals surface area contributed by atoms with Gasteiger partial charge < -0.3 is 0 Å². The quantitative estimate of drug-likeness (QED) is 0.424. The van der Waals surface area contributed by atoms with Crippen LogP contribution in [-0.2, 0) is 0 Å². The number of hydrogen-bond donors (Lipinski definition) is 0. The fourth-order valence-corrected chi connectivity index (χ4v) is 3.86. The molecule has 0 aliphatic carbocycles. The molecule has 0 bridgehead atoms. The van der Waals surface area contributed by atoms with Gasteiger partial charge in [0.05, 0.1) is 0 Å². The molecule has 0 radical (unpaired) electrons. The highest BCUT2D eigenvalue weighted by Gasteiger charge is 2.09. The van der Waals surface area contributed by atoms with Crippen molar-refractivity contribution in [3.05, 3.63) is 53.8 Å². The second-order valence-electron chi connectivity index (χ2n) is 4.29. The van der Waals surface area contributed by atoms with Crippen LogP contribution in [0.3, 0.4) is 0 Å². The maximum absolute atomic E-state index is 6.32. The summed E-state index contributed by atoms with van der Waals surface area (Å²) in [5, 5.41) is 5.61. The van der Waals surface area contributed by atoms with E-state index in [0.29, 0.717) is 0 Å². The average Bonchev–Trinajstić information content (AvgIpc) is 2.74. The number of hydrogen-bond acceptors (Lipinski definition) is 2. The molecule has 4 rings (SSSR count). The van der Waals surface area contributed by atoms with Crippen LogP contribution in [0.15, 0.2) is 48.8 Å². The Hall–Kier alpha value is -1.64. The van der Waals surface area contributed by atoms with Gasteiger partial charge in [0.15, 0.2) is 0 Å². The van der Waals surface area contributed by atoms with Crippen LogP contribution in [0.1, 0.15) is 0 Å². The van der Waals surface area contributed by atoms with E-state index in [0.717, 1.165) is 10.4 Å². The zero-order valence-corrected chi connectivity index (χ0v) is 10.9. The predicted molar refractivity (Wildman–Crippen MR) is 79.6 cm³/mol. The molecule has 0 atom stereocenters. The van der Waals surface area contributed by atoms with Gasteiger partial charge >= 0.3 is 0 Å². The number of benzene rings is 2. The summed E-state index contributed by atoms with van der Waals surface area (Å²) in [6.07, 6.45) is 3.73. The number of nitrogens with zero attached hydrogens (tertiary/aromatic N) is 1. The molecule has 0 saturated heterocycles. The van der Waals surface area contributed by atoms with E-state index >= 15 is 0 Å². The van der Waals surface area contributed by atoms with Gasteiger partial charge in [0, 0.05) is 43.0 Å². The predicted octanol–water partition coefficient (Wildman–Crippen LogP) is 5.26. The Morgan fingerprint density at radius 2 is 1.94 bits per heavy atom. The number of fused-ring (bicyclic) bond motifs is 4. The Labute approximate surface area is 113 Å². The summed E-state index contributed by atoms with van der Waals surface area (Å²) in [5.74, 6) is 0. The minimum absolute atomic E-state index is 0.826. The van der Waals surface area contributed by atoms with Crippen molar-refractivity contribution in [1.82, 2.24) is 4.98 Å². The normalized spacial score (nSPS) is 11.6. The molecule has 3 heteroatoms. The summed E-state index contributed by atoms with van der Waals surface area (Å²) < 4.78 is 2.50. The lowest BCUT2D eigenvalue weighted by Gasteiger charge is -1.98. The summed E-state index contributed by atoms with van der Waals surface area (Å²) in [6, 6.07) is 12.5. The molecule has 1 nitrogen and oxygen atoms in total. The fourth-order valence-electron chi connectivity index (χ4n) is 2.36. The maximum atomic E-state index is 6.32. The smallest absolute Gasteiger partial charge is 0.0499 e. The highest BCUT2D eigenvalue weighted by molar-refractivity contribution is 7.26. The first-order valence-electron chi connectivity index (χ1n) is 5.67. The molecule has 0 N–H and O–H groups in total. The van der Waals surface area contributed by atoms with E-state index in [9.17, 15) is 0 Å². The minimum atomic E-state index is 0.826. The third-order valence-electron chi connectivity index (χ3n) is 3.20. The largest absolute Gasteiger partial charge is 0.264 e. The molecule has 0 fully saturated rings. The van der Waals surface area contributed by atoms with Crippen LogP contribution in [0.2, 0.25) is 5.02 Å². The van der Waals surface area contributed by atoms with Gasteiger partial charge in [-0.1, -0.05) is 17.7 Å². The second-order valence-corrected chi connectivity index (χ2v) is 5.78. The molecular weight excluding hydrogens is 262 g/mol. The van der Waals surface area contributed by atoms with Crippen LogP contribution < -0.4 is 0 Å². The average molecular weight is 270 g/mol. The van der Waals surface area contributed by atoms with E-state index in [1.807, 2.05) is 30.6 Å². The lowest BCUT2D eigenvalue weighted by Crippen LogP contribution is -1.75. The fraction of sp³-hybridized carbons (Fsp3) is 0. The molecule has 0 aliphatic rings. The number of pyridine rings is 1. The summed E-state index contributed by atoms with van der Waals surface area (Å²) >= 11 is 8.10. The van der Waals surface area contributed by atoms with Crippen molar-refractivity contribution in [1.29, 1.82) is 0 Å². The van der Waals surface area contributed by atoms with Gasteiger partial charge in [-0.2, -0.15) is 0 Å². The molecule has 4 aromatic rings. The molecule has 2 aromatic heterocycles. The van der Waals surface area contributed by atoms with Crippen molar-refractivity contribution in [2.75, 3.05) is 0 Å². The highest BCUT2D eigenvalue weighted by Crippen LogP contribution is 2.39. The van der Waals surface area contributed by atoms with Crippen LogP contribution >= 0.6 is 22.9 Å². The Morgan fingerprint density at radius 3 is 2.89 bits per heavy atom. The molecule has 0 saturated carbocycles. The topological polar surface area (TPSA) is 12.9 Å². The van der Waals surface area contributed by atoms with E-state index in [1.54, 1.807) is 11.3 Å². The first-order chi connectivity index (χ1) is 8.83. The maximum Gasteiger partial charge on any atom is 0.0499 e. The third kappa shape index (κ3) is 1.36. The minimum Gasteiger partial charge on any atom is -0.264 e. The Balaban J connectivity index is 2.29. The Kier molecular flexibility index (Phi) is 2.10. The summed E-state index contributed by atoms with van der Waals surface area (Å²) in [5.41, 5.74) is 0. The van der Waals surface area contributed by atoms with Gasteiger partial charge in [0.2, 0.25) is 0 Å². The van der Waals surface area contributed by atoms with Gasteiger partial charge in [0.25, 0.3) is 0 Å². The Morgan fingerprint density at radius 1 is 1.00 bits per heavy atom. The lowest BCUT2D eigenvalue weighted by atomic mass is 10.1. The van der Waals surface area contributed by atoms with Gasteiger partial charge in [0.1, 0.15) is 0 Å². The number of thiophene rings is 1. The highest BCUT2D eigenvalue weighted by atomic mass is 35.5. The molecule has 18 heavy (non-hydrogen) atoms. The standard InChI is InChI=1S/C15H8ClNS/c16-12-2-1-3-13-15(12)11-6-9-4-5-17-8-10(9)7-14(11)18-13/h1-8H. The first kappa shape index (κ1) is 10.3. The van der Waals surface area contributed by atoms with Crippen molar-refractivity contribution in [3.8, 4) is 0 Å². The molecule has 2 heterocycles. The van der Waals surface area contributed by atoms with E-state index in [2.05, 4.69) is 23.2 Å². The van der Waals surface area contributed by atoms with Gasteiger partial charge in [-0.05, 0) is 35.7 Å². The second kappa shape index (κ2) is 3.67. The van der Waals surface area contributed by atoms with Crippen molar-refractivity contribution < 1.29 is 0 Å². The number of rotatable bonds is 0. The molecule has 0 spiro atoms. The lowest BCUT2D eigenvalue weighted by molar-refractivity contribution is 1.37. The van der Waals surface area contributed by atoms with E-state index in [4.69, 9.17) is 11.6 Å². The molecule has 2 aromatic carbocycles. The molecule has 0 unspecified atom stereocenters. The van der Waals surface area contributed by atoms with Crippen molar-refractivity contribution in [2.45, 2.75) is 0 Å². The van der Waals surface area contributed by atoms with Gasteiger partial charge in [-0.15, -0.1) is 11.3 Å². The number of aromatic nitrogens is 1. The summed E-state index contributed by atoms with van der Waals surface area (Å²) in [7, 11) is 0. The zero-order chi connectivity index (χ0) is 12.1. The molecule has 0 amide bonds. The SMILES string of the molecule is Clc1cccc2sc3cc4cnccc4cc3c12. The van der Waals surface area contributed by atoms with Crippen LogP contribution in [0.25, 0.3) is 30.9 Å². The first-order valence-corrected chi connectivity index (χ1v) is 6.87. The van der Waals surface area contributed by atoms with Gasteiger partial charge in [-0.3, -0.25) is 4.98 Å². The van der Waals surface area contributed by atoms with E-state index in [1.165, 1.54) is 25.6 Å². The van der Waals surface area contributed by atoms with Crippen LogP contribution in [0, 0.1) is 0 Å². The van der Waals surface area contributed by atoms with Crippen molar-refractivity contribution in [3.63, 3.8) is 0 Å². The monoisotopic (exact) mass is 269 g/mol. The summed E-state index contributed by atoms with van der Waals surface area (Å²) in [4.78, 5) is 4.17. The van der Waals surface area contributed by atoms with Crippen molar-refractivity contribution >= 4 is 53.9 Å². The van der Waals surface area contributed by atoms with E-state index < -0.39 is 0 Å². The van der Waals surface area contributed by atoms with Crippen LogP contribution in [0.5, 0.6) is 0 Å². The molecule has 0 aliphatic heterocycles. The van der Waals surface area contributed by atoms with Crippen LogP contribution in [-0.4, -0.2) is 4.98 Å². The molecule has 86 valence electrons. The third-order valence-corrected chi connectivity index (χ3v) is 4.64. The van der Waals surface area contributed by atoms with Crippen LogP contribution in [0.4, 0.5) is 0 Å². The summed E-state index contributed by atoms with van der Waals surface area (Å²) in [6.45, 7) is 0. The molecular formula is C15H8ClNS. The number of halogens is 1. The van der Waals surface area contributed by atoms with Crippen molar-refractivity contribution in [2.24, 2.45) is 0 Å². The van der Waals surface area contributed by atoms with Gasteiger partial charge in [-0.25, -0.2) is 0 Å².